The van der Waals surface area contributed by atoms with Crippen molar-refractivity contribution >= 4 is 16.8 Å². The van der Waals surface area contributed by atoms with Crippen LogP contribution in [0.3, 0.4) is 0 Å². The van der Waals surface area contributed by atoms with Crippen LogP contribution in [-0.4, -0.2) is 32.3 Å². The molecule has 0 atom stereocenters. The van der Waals surface area contributed by atoms with Gasteiger partial charge in [-0.3, -0.25) is 14.6 Å². The van der Waals surface area contributed by atoms with Gasteiger partial charge in [0.2, 0.25) is 0 Å². The van der Waals surface area contributed by atoms with Gasteiger partial charge in [-0.25, -0.2) is 4.98 Å². The van der Waals surface area contributed by atoms with Crippen LogP contribution in [-0.2, 0) is 6.54 Å². The fourth-order valence-electron chi connectivity index (χ4n) is 2.53. The summed E-state index contributed by atoms with van der Waals surface area (Å²) in [4.78, 5) is 36.9. The van der Waals surface area contributed by atoms with Crippen LogP contribution < -0.4 is 5.56 Å². The summed E-state index contributed by atoms with van der Waals surface area (Å²) in [6.45, 7) is 0.667. The Balaban J connectivity index is 1.91. The summed E-state index contributed by atoms with van der Waals surface area (Å²) < 4.78 is 0. The second kappa shape index (κ2) is 7.36. The molecule has 2 aromatic heterocycles. The van der Waals surface area contributed by atoms with Crippen molar-refractivity contribution in [3.05, 3.63) is 70.5 Å². The fourth-order valence-corrected chi connectivity index (χ4v) is 2.53. The van der Waals surface area contributed by atoms with Gasteiger partial charge in [0.1, 0.15) is 0 Å². The SMILES string of the molecule is N#CCCN(Cc1cccnc1)C(=O)c1ccc2c(=O)[nH]cnc2c1. The van der Waals surface area contributed by atoms with E-state index in [2.05, 4.69) is 21.0 Å². The summed E-state index contributed by atoms with van der Waals surface area (Å²) in [5.74, 6) is -0.219. The Morgan fingerprint density at radius 1 is 1.32 bits per heavy atom. The Kier molecular flexibility index (Phi) is 4.81. The van der Waals surface area contributed by atoms with E-state index in [0.29, 0.717) is 29.6 Å². The standard InChI is InChI=1S/C18H15N5O2/c19-6-2-8-23(11-13-3-1-7-20-10-13)18(25)14-4-5-15-16(9-14)21-12-22-17(15)24/h1,3-5,7,9-10,12H,2,8,11H2,(H,21,22,24). The third kappa shape index (κ3) is 3.70. The molecule has 0 aliphatic rings. The number of pyridine rings is 1. The van der Waals surface area contributed by atoms with Crippen molar-refractivity contribution in [3.8, 4) is 6.07 Å². The van der Waals surface area contributed by atoms with Crippen molar-refractivity contribution in [2.24, 2.45) is 0 Å². The van der Waals surface area contributed by atoms with Crippen LogP contribution in [0, 0.1) is 11.3 Å². The number of H-pyrrole nitrogens is 1. The monoisotopic (exact) mass is 333 g/mol. The number of carbonyl (C=O) groups is 1. The van der Waals surface area contributed by atoms with Crippen LogP contribution in [0.5, 0.6) is 0 Å². The number of carbonyl (C=O) groups excluding carboxylic acids is 1. The molecule has 1 amide bonds. The molecule has 0 aliphatic carbocycles. The third-order valence-corrected chi connectivity index (χ3v) is 3.77. The van der Waals surface area contributed by atoms with E-state index in [1.165, 1.54) is 6.33 Å². The first-order chi connectivity index (χ1) is 12.2. The minimum Gasteiger partial charge on any atom is -0.333 e. The normalized spacial score (nSPS) is 10.4. The number of aromatic nitrogens is 3. The van der Waals surface area contributed by atoms with Crippen LogP contribution in [0.2, 0.25) is 0 Å². The summed E-state index contributed by atoms with van der Waals surface area (Å²) in [7, 11) is 0. The minimum atomic E-state index is -0.249. The summed E-state index contributed by atoms with van der Waals surface area (Å²) >= 11 is 0. The predicted molar refractivity (Wildman–Crippen MR) is 91.6 cm³/mol. The number of hydrogen-bond acceptors (Lipinski definition) is 5. The molecular weight excluding hydrogens is 318 g/mol. The van der Waals surface area contributed by atoms with E-state index in [1.54, 1.807) is 41.6 Å². The first-order valence-electron chi connectivity index (χ1n) is 7.71. The van der Waals surface area contributed by atoms with Gasteiger partial charge >= 0.3 is 0 Å². The van der Waals surface area contributed by atoms with Crippen molar-refractivity contribution in [1.29, 1.82) is 5.26 Å². The molecule has 0 spiro atoms. The van der Waals surface area contributed by atoms with Crippen molar-refractivity contribution in [2.45, 2.75) is 13.0 Å². The van der Waals surface area contributed by atoms with Gasteiger partial charge in [0.15, 0.2) is 0 Å². The average molecular weight is 333 g/mol. The number of rotatable bonds is 5. The van der Waals surface area contributed by atoms with E-state index in [9.17, 15) is 9.59 Å². The van der Waals surface area contributed by atoms with Crippen molar-refractivity contribution in [3.63, 3.8) is 0 Å². The molecule has 0 aliphatic heterocycles. The molecule has 2 heterocycles. The molecule has 3 rings (SSSR count). The van der Waals surface area contributed by atoms with Gasteiger partial charge in [-0.05, 0) is 29.8 Å². The number of hydrogen-bond donors (Lipinski definition) is 1. The van der Waals surface area contributed by atoms with Crippen LogP contribution in [0.25, 0.3) is 10.9 Å². The number of aromatic amines is 1. The largest absolute Gasteiger partial charge is 0.333 e. The summed E-state index contributed by atoms with van der Waals surface area (Å²) in [5, 5.41) is 9.28. The van der Waals surface area contributed by atoms with E-state index in [4.69, 9.17) is 5.26 Å². The highest BCUT2D eigenvalue weighted by Gasteiger charge is 2.17. The Hall–Kier alpha value is -3.53. The maximum Gasteiger partial charge on any atom is 0.258 e. The number of amides is 1. The van der Waals surface area contributed by atoms with E-state index >= 15 is 0 Å². The molecular formula is C18H15N5O2. The van der Waals surface area contributed by atoms with E-state index in [0.717, 1.165) is 5.56 Å². The quantitative estimate of drug-likeness (QED) is 0.768. The second-order valence-electron chi connectivity index (χ2n) is 5.46. The smallest absolute Gasteiger partial charge is 0.258 e. The first kappa shape index (κ1) is 16.3. The summed E-state index contributed by atoms with van der Waals surface area (Å²) in [6, 6.07) is 10.5. The van der Waals surface area contributed by atoms with Gasteiger partial charge in [0, 0.05) is 31.0 Å². The molecule has 1 aromatic carbocycles. The molecule has 124 valence electrons. The van der Waals surface area contributed by atoms with Crippen LogP contribution in [0.1, 0.15) is 22.3 Å². The molecule has 0 saturated carbocycles. The zero-order valence-corrected chi connectivity index (χ0v) is 13.3. The Labute approximate surface area is 143 Å². The summed E-state index contributed by atoms with van der Waals surface area (Å²) in [5.41, 5.74) is 1.51. The van der Waals surface area contributed by atoms with E-state index in [-0.39, 0.29) is 17.9 Å². The molecule has 3 aromatic rings. The van der Waals surface area contributed by atoms with Gasteiger partial charge in [0.05, 0.1) is 29.7 Å². The molecule has 0 fully saturated rings. The molecule has 1 N–H and O–H groups in total. The fraction of sp³-hybridized carbons (Fsp3) is 0.167. The highest BCUT2D eigenvalue weighted by molar-refractivity contribution is 5.97. The highest BCUT2D eigenvalue weighted by atomic mass is 16.2. The minimum absolute atomic E-state index is 0.219. The number of nitriles is 1. The zero-order valence-electron chi connectivity index (χ0n) is 13.3. The molecule has 0 radical (unpaired) electrons. The van der Waals surface area contributed by atoms with Crippen molar-refractivity contribution in [2.75, 3.05) is 6.54 Å². The van der Waals surface area contributed by atoms with Crippen LogP contribution >= 0.6 is 0 Å². The van der Waals surface area contributed by atoms with Crippen molar-refractivity contribution in [1.82, 2.24) is 19.9 Å². The Morgan fingerprint density at radius 2 is 2.20 bits per heavy atom. The first-order valence-corrected chi connectivity index (χ1v) is 7.71. The number of nitrogens with zero attached hydrogens (tertiary/aromatic N) is 4. The number of fused-ring (bicyclic) bond motifs is 1. The summed E-state index contributed by atoms with van der Waals surface area (Å²) in [6.07, 6.45) is 4.89. The van der Waals surface area contributed by atoms with Crippen molar-refractivity contribution < 1.29 is 4.79 Å². The lowest BCUT2D eigenvalue weighted by atomic mass is 10.1. The van der Waals surface area contributed by atoms with Gasteiger partial charge in [-0.15, -0.1) is 0 Å². The molecule has 25 heavy (non-hydrogen) atoms. The third-order valence-electron chi connectivity index (χ3n) is 3.77. The highest BCUT2D eigenvalue weighted by Crippen LogP contribution is 2.14. The lowest BCUT2D eigenvalue weighted by Crippen LogP contribution is -2.31. The Morgan fingerprint density at radius 3 is 2.96 bits per heavy atom. The Bertz CT molecular complexity index is 992. The van der Waals surface area contributed by atoms with Gasteiger partial charge in [-0.1, -0.05) is 6.07 Å². The second-order valence-corrected chi connectivity index (χ2v) is 5.46. The molecule has 0 saturated heterocycles. The number of benzene rings is 1. The maximum atomic E-state index is 12.9. The van der Waals surface area contributed by atoms with Crippen LogP contribution in [0.15, 0.2) is 53.8 Å². The van der Waals surface area contributed by atoms with Gasteiger partial charge in [-0.2, -0.15) is 5.26 Å². The lowest BCUT2D eigenvalue weighted by molar-refractivity contribution is 0.0747. The van der Waals surface area contributed by atoms with E-state index in [1.807, 2.05) is 6.07 Å². The average Bonchev–Trinajstić information content (AvgIpc) is 2.65. The van der Waals surface area contributed by atoms with Gasteiger partial charge < -0.3 is 9.88 Å². The molecule has 0 unspecified atom stereocenters. The maximum absolute atomic E-state index is 12.9. The molecule has 0 bridgehead atoms. The van der Waals surface area contributed by atoms with Gasteiger partial charge in [0.25, 0.3) is 11.5 Å². The molecule has 7 heteroatoms. The lowest BCUT2D eigenvalue weighted by Gasteiger charge is -2.21. The van der Waals surface area contributed by atoms with E-state index < -0.39 is 0 Å². The molecule has 7 nitrogen and oxygen atoms in total. The topological polar surface area (TPSA) is 103 Å². The zero-order chi connectivity index (χ0) is 17.6. The van der Waals surface area contributed by atoms with Crippen LogP contribution in [0.4, 0.5) is 0 Å². The number of nitrogens with one attached hydrogen (secondary N) is 1. The predicted octanol–water partition coefficient (Wildman–Crippen LogP) is 1.87.